The zero-order valence-electron chi connectivity index (χ0n) is 13.4. The first-order valence-corrected chi connectivity index (χ1v) is 7.53. The molecule has 0 aliphatic rings. The molecule has 3 aromatic rings. The Labute approximate surface area is 138 Å². The molecule has 0 radical (unpaired) electrons. The largest absolute Gasteiger partial charge is 0.441 e. The lowest BCUT2D eigenvalue weighted by atomic mass is 10.1. The Morgan fingerprint density at radius 1 is 1.04 bits per heavy atom. The van der Waals surface area contributed by atoms with Gasteiger partial charge in [0.2, 0.25) is 11.8 Å². The van der Waals surface area contributed by atoms with Crippen molar-refractivity contribution in [1.29, 1.82) is 0 Å². The third kappa shape index (κ3) is 3.78. The highest BCUT2D eigenvalue weighted by molar-refractivity contribution is 5.93. The number of hydrogen-bond acceptors (Lipinski definition) is 4. The number of nitrogens with zero attached hydrogens (tertiary/aromatic N) is 1. The van der Waals surface area contributed by atoms with Crippen molar-refractivity contribution in [3.05, 3.63) is 53.9 Å². The zero-order valence-corrected chi connectivity index (χ0v) is 13.4. The number of hydrogen-bond donors (Lipinski definition) is 2. The third-order valence-electron chi connectivity index (χ3n) is 3.41. The van der Waals surface area contributed by atoms with E-state index in [9.17, 15) is 9.59 Å². The second kappa shape index (κ2) is 6.54. The van der Waals surface area contributed by atoms with Crippen LogP contribution in [0.3, 0.4) is 0 Å². The molecule has 24 heavy (non-hydrogen) atoms. The van der Waals surface area contributed by atoms with Crippen LogP contribution >= 0.6 is 0 Å². The van der Waals surface area contributed by atoms with Crippen LogP contribution < -0.4 is 10.6 Å². The van der Waals surface area contributed by atoms with E-state index < -0.39 is 0 Å². The van der Waals surface area contributed by atoms with Crippen molar-refractivity contribution < 1.29 is 14.0 Å². The van der Waals surface area contributed by atoms with Crippen LogP contribution in [0.25, 0.3) is 11.1 Å². The summed E-state index contributed by atoms with van der Waals surface area (Å²) in [5, 5.41) is 5.51. The fourth-order valence-corrected chi connectivity index (χ4v) is 2.43. The van der Waals surface area contributed by atoms with Gasteiger partial charge in [-0.15, -0.1) is 0 Å². The molecule has 122 valence electrons. The van der Waals surface area contributed by atoms with Crippen molar-refractivity contribution in [2.45, 2.75) is 20.3 Å². The average Bonchev–Trinajstić information content (AvgIpc) is 2.88. The van der Waals surface area contributed by atoms with Crippen molar-refractivity contribution in [2.75, 3.05) is 10.6 Å². The molecule has 0 fully saturated rings. The topological polar surface area (TPSA) is 84.2 Å². The molecule has 0 atom stereocenters. The zero-order chi connectivity index (χ0) is 17.1. The van der Waals surface area contributed by atoms with Crippen LogP contribution in [0.1, 0.15) is 18.4 Å². The second-order valence-corrected chi connectivity index (χ2v) is 5.52. The first kappa shape index (κ1) is 15.7. The molecule has 0 bridgehead atoms. The molecule has 2 aromatic carbocycles. The molecule has 0 unspecified atom stereocenters. The van der Waals surface area contributed by atoms with Crippen LogP contribution in [0.15, 0.2) is 46.9 Å². The maximum atomic E-state index is 12.2. The molecule has 6 heteroatoms. The van der Waals surface area contributed by atoms with E-state index in [1.165, 1.54) is 6.92 Å². The Morgan fingerprint density at radius 3 is 2.38 bits per heavy atom. The molecular weight excluding hydrogens is 306 g/mol. The van der Waals surface area contributed by atoms with Crippen LogP contribution in [0.2, 0.25) is 0 Å². The minimum atomic E-state index is -0.134. The number of aromatic nitrogens is 1. The molecule has 0 aliphatic heterocycles. The summed E-state index contributed by atoms with van der Waals surface area (Å²) in [5.74, 6) is 0.345. The molecule has 3 rings (SSSR count). The summed E-state index contributed by atoms with van der Waals surface area (Å²) in [4.78, 5) is 27.4. The maximum Gasteiger partial charge on any atom is 0.228 e. The number of anilines is 2. The number of rotatable bonds is 4. The second-order valence-electron chi connectivity index (χ2n) is 5.52. The van der Waals surface area contributed by atoms with Gasteiger partial charge >= 0.3 is 0 Å². The van der Waals surface area contributed by atoms with Crippen molar-refractivity contribution in [3.8, 4) is 0 Å². The Hall–Kier alpha value is -3.15. The van der Waals surface area contributed by atoms with Gasteiger partial charge in [-0.05, 0) is 42.0 Å². The van der Waals surface area contributed by atoms with Crippen LogP contribution in [0.5, 0.6) is 0 Å². The molecule has 0 aliphatic carbocycles. The smallest absolute Gasteiger partial charge is 0.228 e. The van der Waals surface area contributed by atoms with Crippen molar-refractivity contribution >= 4 is 34.3 Å². The number of carbonyl (C=O) groups excluding carboxylic acids is 2. The Morgan fingerprint density at radius 2 is 1.71 bits per heavy atom. The highest BCUT2D eigenvalue weighted by atomic mass is 16.3. The number of nitrogens with one attached hydrogen (secondary N) is 2. The summed E-state index contributed by atoms with van der Waals surface area (Å²) < 4.78 is 5.42. The van der Waals surface area contributed by atoms with E-state index in [2.05, 4.69) is 15.6 Å². The fraction of sp³-hybridized carbons (Fsp3) is 0.167. The van der Waals surface area contributed by atoms with Crippen LogP contribution in [0, 0.1) is 6.92 Å². The molecule has 1 aromatic heterocycles. The van der Waals surface area contributed by atoms with Gasteiger partial charge in [0, 0.05) is 25.2 Å². The fourth-order valence-electron chi connectivity index (χ4n) is 2.43. The minimum absolute atomic E-state index is 0.123. The van der Waals surface area contributed by atoms with Crippen molar-refractivity contribution in [2.24, 2.45) is 0 Å². The van der Waals surface area contributed by atoms with Crippen molar-refractivity contribution in [3.63, 3.8) is 0 Å². The van der Waals surface area contributed by atoms with Gasteiger partial charge in [-0.3, -0.25) is 9.59 Å². The molecule has 2 N–H and O–H groups in total. The molecule has 2 amide bonds. The Bertz CT molecular complexity index is 898. The third-order valence-corrected chi connectivity index (χ3v) is 3.41. The molecule has 0 spiro atoms. The van der Waals surface area contributed by atoms with Gasteiger partial charge in [0.1, 0.15) is 5.52 Å². The normalized spacial score (nSPS) is 10.6. The summed E-state index contributed by atoms with van der Waals surface area (Å²) in [6.45, 7) is 3.24. The molecule has 1 heterocycles. The van der Waals surface area contributed by atoms with E-state index in [-0.39, 0.29) is 18.2 Å². The summed E-state index contributed by atoms with van der Waals surface area (Å²) in [7, 11) is 0. The Kier molecular flexibility index (Phi) is 4.29. The molecule has 0 saturated heterocycles. The maximum absolute atomic E-state index is 12.2. The average molecular weight is 323 g/mol. The number of aryl methyl sites for hydroxylation is 1. The molecule has 0 saturated carbocycles. The van der Waals surface area contributed by atoms with Gasteiger partial charge in [0.25, 0.3) is 0 Å². The summed E-state index contributed by atoms with van der Waals surface area (Å²) in [5.41, 5.74) is 3.69. The highest BCUT2D eigenvalue weighted by Crippen LogP contribution is 2.18. The summed E-state index contributed by atoms with van der Waals surface area (Å²) >= 11 is 0. The van der Waals surface area contributed by atoms with E-state index in [0.717, 1.165) is 11.1 Å². The van der Waals surface area contributed by atoms with Gasteiger partial charge in [0.15, 0.2) is 11.5 Å². The highest BCUT2D eigenvalue weighted by Gasteiger charge is 2.08. The monoisotopic (exact) mass is 323 g/mol. The SMILES string of the molecule is CC(=O)Nc1ccc(NC(=O)Cc2ccc3oc(C)nc3c2)cc1. The lowest BCUT2D eigenvalue weighted by Crippen LogP contribution is -2.14. The van der Waals surface area contributed by atoms with Gasteiger partial charge in [-0.25, -0.2) is 4.98 Å². The first-order valence-electron chi connectivity index (χ1n) is 7.53. The van der Waals surface area contributed by atoms with Crippen LogP contribution in [-0.2, 0) is 16.0 Å². The number of fused-ring (bicyclic) bond motifs is 1. The number of amides is 2. The van der Waals surface area contributed by atoms with E-state index in [1.54, 1.807) is 31.2 Å². The number of oxazole rings is 1. The summed E-state index contributed by atoms with van der Waals surface area (Å²) in [6.07, 6.45) is 0.245. The van der Waals surface area contributed by atoms with Gasteiger partial charge < -0.3 is 15.1 Å². The molecular formula is C18H17N3O3. The predicted molar refractivity (Wildman–Crippen MR) is 91.8 cm³/mol. The van der Waals surface area contributed by atoms with Crippen LogP contribution in [0.4, 0.5) is 11.4 Å². The summed E-state index contributed by atoms with van der Waals surface area (Å²) in [6, 6.07) is 12.5. The van der Waals surface area contributed by atoms with E-state index >= 15 is 0 Å². The Balaban J connectivity index is 1.64. The minimum Gasteiger partial charge on any atom is -0.441 e. The number of benzene rings is 2. The van der Waals surface area contributed by atoms with E-state index in [1.807, 2.05) is 18.2 Å². The van der Waals surface area contributed by atoms with Gasteiger partial charge in [-0.2, -0.15) is 0 Å². The standard InChI is InChI=1S/C18H17N3O3/c1-11(22)19-14-4-6-15(7-5-14)21-18(23)10-13-3-8-17-16(9-13)20-12(2)24-17/h3-9H,10H2,1-2H3,(H,19,22)(H,21,23). The molecule has 6 nitrogen and oxygen atoms in total. The van der Waals surface area contributed by atoms with E-state index in [4.69, 9.17) is 4.42 Å². The van der Waals surface area contributed by atoms with Crippen LogP contribution in [-0.4, -0.2) is 16.8 Å². The van der Waals surface area contributed by atoms with Crippen molar-refractivity contribution in [1.82, 2.24) is 4.98 Å². The first-order chi connectivity index (χ1) is 11.5. The predicted octanol–water partition coefficient (Wildman–Crippen LogP) is 3.28. The van der Waals surface area contributed by atoms with E-state index in [0.29, 0.717) is 22.8 Å². The quantitative estimate of drug-likeness (QED) is 0.772. The van der Waals surface area contributed by atoms with Gasteiger partial charge in [-0.1, -0.05) is 6.07 Å². The lowest BCUT2D eigenvalue weighted by molar-refractivity contribution is -0.116. The lowest BCUT2D eigenvalue weighted by Gasteiger charge is -2.07. The van der Waals surface area contributed by atoms with Gasteiger partial charge in [0.05, 0.1) is 6.42 Å². The number of carbonyl (C=O) groups is 2.